The highest BCUT2D eigenvalue weighted by Crippen LogP contribution is 2.11. The SMILES string of the molecule is COC(OC)C(=O)Nc1cccc(C(=O)O)c1. The molecule has 0 heterocycles. The molecule has 6 heteroatoms. The minimum Gasteiger partial charge on any atom is -0.478 e. The van der Waals surface area contributed by atoms with Gasteiger partial charge in [-0.15, -0.1) is 0 Å². The van der Waals surface area contributed by atoms with Crippen LogP contribution in [0.5, 0.6) is 0 Å². The number of benzene rings is 1. The molecule has 1 amide bonds. The van der Waals surface area contributed by atoms with Crippen molar-refractivity contribution in [1.82, 2.24) is 0 Å². The zero-order valence-electron chi connectivity index (χ0n) is 9.47. The van der Waals surface area contributed by atoms with Crippen LogP contribution in [-0.4, -0.2) is 37.5 Å². The smallest absolute Gasteiger partial charge is 0.335 e. The maximum absolute atomic E-state index is 11.5. The van der Waals surface area contributed by atoms with Gasteiger partial charge in [-0.3, -0.25) is 4.79 Å². The molecule has 0 atom stereocenters. The summed E-state index contributed by atoms with van der Waals surface area (Å²) >= 11 is 0. The van der Waals surface area contributed by atoms with Gasteiger partial charge in [0.2, 0.25) is 6.29 Å². The summed E-state index contributed by atoms with van der Waals surface area (Å²) in [5, 5.41) is 11.3. The highest BCUT2D eigenvalue weighted by atomic mass is 16.7. The number of carboxylic acids is 1. The summed E-state index contributed by atoms with van der Waals surface area (Å²) in [6.07, 6.45) is -1.02. The van der Waals surface area contributed by atoms with Crippen LogP contribution in [0, 0.1) is 0 Å². The van der Waals surface area contributed by atoms with Gasteiger partial charge in [0.25, 0.3) is 5.91 Å². The second-order valence-electron chi connectivity index (χ2n) is 3.18. The molecular weight excluding hydrogens is 226 g/mol. The Bertz CT molecular complexity index is 414. The first-order valence-electron chi connectivity index (χ1n) is 4.78. The second-order valence-corrected chi connectivity index (χ2v) is 3.18. The highest BCUT2D eigenvalue weighted by molar-refractivity contribution is 5.95. The lowest BCUT2D eigenvalue weighted by Crippen LogP contribution is -2.31. The van der Waals surface area contributed by atoms with Gasteiger partial charge in [0.1, 0.15) is 0 Å². The van der Waals surface area contributed by atoms with Crippen molar-refractivity contribution >= 4 is 17.6 Å². The summed E-state index contributed by atoms with van der Waals surface area (Å²) < 4.78 is 9.52. The van der Waals surface area contributed by atoms with Crippen LogP contribution in [0.1, 0.15) is 10.4 Å². The molecular formula is C11H13NO5. The van der Waals surface area contributed by atoms with E-state index in [2.05, 4.69) is 5.32 Å². The molecule has 6 nitrogen and oxygen atoms in total. The van der Waals surface area contributed by atoms with Crippen LogP contribution in [0.3, 0.4) is 0 Å². The lowest BCUT2D eigenvalue weighted by molar-refractivity contribution is -0.153. The molecule has 0 aliphatic carbocycles. The number of hydrogen-bond donors (Lipinski definition) is 2. The molecule has 0 unspecified atom stereocenters. The maximum atomic E-state index is 11.5. The summed E-state index contributed by atoms with van der Waals surface area (Å²) in [7, 11) is 2.67. The topological polar surface area (TPSA) is 84.9 Å². The van der Waals surface area contributed by atoms with Crippen molar-refractivity contribution in [2.24, 2.45) is 0 Å². The second kappa shape index (κ2) is 5.97. The average Bonchev–Trinajstić information content (AvgIpc) is 2.30. The van der Waals surface area contributed by atoms with Crippen LogP contribution in [0.4, 0.5) is 5.69 Å². The number of carboxylic acid groups (broad SMARTS) is 1. The fourth-order valence-electron chi connectivity index (χ4n) is 1.24. The third-order valence-electron chi connectivity index (χ3n) is 2.02. The van der Waals surface area contributed by atoms with E-state index >= 15 is 0 Å². The van der Waals surface area contributed by atoms with Gasteiger partial charge in [0.15, 0.2) is 0 Å². The van der Waals surface area contributed by atoms with Crippen molar-refractivity contribution < 1.29 is 24.2 Å². The molecule has 0 fully saturated rings. The lowest BCUT2D eigenvalue weighted by Gasteiger charge is -2.13. The molecule has 0 bridgehead atoms. The van der Waals surface area contributed by atoms with E-state index in [1.54, 1.807) is 6.07 Å². The molecule has 1 rings (SSSR count). The normalized spacial score (nSPS) is 10.3. The first kappa shape index (κ1) is 13.1. The first-order chi connectivity index (χ1) is 8.08. The number of anilines is 1. The molecule has 17 heavy (non-hydrogen) atoms. The average molecular weight is 239 g/mol. The number of hydrogen-bond acceptors (Lipinski definition) is 4. The standard InChI is InChI=1S/C11H13NO5/c1-16-11(17-2)9(13)12-8-5-3-4-7(6-8)10(14)15/h3-6,11H,1-2H3,(H,12,13)(H,14,15). The summed E-state index contributed by atoms with van der Waals surface area (Å²) in [6.45, 7) is 0. The Balaban J connectivity index is 2.78. The van der Waals surface area contributed by atoms with E-state index in [-0.39, 0.29) is 5.56 Å². The molecule has 92 valence electrons. The third-order valence-corrected chi connectivity index (χ3v) is 2.02. The number of ether oxygens (including phenoxy) is 2. The van der Waals surface area contributed by atoms with Crippen LogP contribution in [0.15, 0.2) is 24.3 Å². The van der Waals surface area contributed by atoms with Gasteiger partial charge < -0.3 is 19.9 Å². The van der Waals surface area contributed by atoms with Crippen LogP contribution in [-0.2, 0) is 14.3 Å². The van der Waals surface area contributed by atoms with E-state index in [1.807, 2.05) is 0 Å². The summed E-state index contributed by atoms with van der Waals surface area (Å²) in [6, 6.07) is 5.89. The molecule has 0 aliphatic rings. The van der Waals surface area contributed by atoms with Gasteiger partial charge in [0, 0.05) is 19.9 Å². The van der Waals surface area contributed by atoms with Gasteiger partial charge in [-0.05, 0) is 18.2 Å². The number of amides is 1. The van der Waals surface area contributed by atoms with E-state index in [4.69, 9.17) is 14.6 Å². The van der Waals surface area contributed by atoms with Crippen LogP contribution >= 0.6 is 0 Å². The molecule has 2 N–H and O–H groups in total. The number of carbonyl (C=O) groups is 2. The molecule has 0 spiro atoms. The first-order valence-corrected chi connectivity index (χ1v) is 4.78. The Morgan fingerprint density at radius 1 is 1.29 bits per heavy atom. The summed E-state index contributed by atoms with van der Waals surface area (Å²) in [4.78, 5) is 22.3. The zero-order valence-corrected chi connectivity index (χ0v) is 9.47. The fourth-order valence-corrected chi connectivity index (χ4v) is 1.24. The predicted octanol–water partition coefficient (Wildman–Crippen LogP) is 0.942. The number of rotatable bonds is 5. The highest BCUT2D eigenvalue weighted by Gasteiger charge is 2.16. The van der Waals surface area contributed by atoms with Crippen molar-refractivity contribution in [2.75, 3.05) is 19.5 Å². The van der Waals surface area contributed by atoms with Gasteiger partial charge in [-0.2, -0.15) is 0 Å². The molecule has 1 aromatic rings. The Labute approximate surface area is 98.2 Å². The molecule has 0 radical (unpaired) electrons. The van der Waals surface area contributed by atoms with Crippen molar-refractivity contribution in [3.63, 3.8) is 0 Å². The van der Waals surface area contributed by atoms with E-state index in [9.17, 15) is 9.59 Å². The largest absolute Gasteiger partial charge is 0.478 e. The van der Waals surface area contributed by atoms with E-state index < -0.39 is 18.2 Å². The van der Waals surface area contributed by atoms with E-state index in [0.29, 0.717) is 5.69 Å². The maximum Gasteiger partial charge on any atom is 0.335 e. The van der Waals surface area contributed by atoms with Gasteiger partial charge in [0.05, 0.1) is 5.56 Å². The predicted molar refractivity (Wildman–Crippen MR) is 59.8 cm³/mol. The molecule has 1 aromatic carbocycles. The minimum absolute atomic E-state index is 0.0918. The Kier molecular flexibility index (Phi) is 4.62. The minimum atomic E-state index is -1.06. The lowest BCUT2D eigenvalue weighted by atomic mass is 10.2. The number of carbonyl (C=O) groups excluding carboxylic acids is 1. The van der Waals surface area contributed by atoms with Crippen LogP contribution in [0.25, 0.3) is 0 Å². The van der Waals surface area contributed by atoms with Crippen molar-refractivity contribution in [2.45, 2.75) is 6.29 Å². The van der Waals surface area contributed by atoms with E-state index in [1.165, 1.54) is 32.4 Å². The molecule has 0 aromatic heterocycles. The van der Waals surface area contributed by atoms with Gasteiger partial charge >= 0.3 is 5.97 Å². The fraction of sp³-hybridized carbons (Fsp3) is 0.273. The monoisotopic (exact) mass is 239 g/mol. The molecule has 0 saturated carbocycles. The number of methoxy groups -OCH3 is 2. The Morgan fingerprint density at radius 2 is 1.94 bits per heavy atom. The third kappa shape index (κ3) is 3.54. The summed E-state index contributed by atoms with van der Waals surface area (Å²) in [5.41, 5.74) is 0.461. The van der Waals surface area contributed by atoms with Crippen LogP contribution in [0.2, 0.25) is 0 Å². The Hall–Kier alpha value is -1.92. The number of aromatic carboxylic acids is 1. The van der Waals surface area contributed by atoms with Crippen molar-refractivity contribution in [3.05, 3.63) is 29.8 Å². The number of nitrogens with one attached hydrogen (secondary N) is 1. The van der Waals surface area contributed by atoms with Crippen LogP contribution < -0.4 is 5.32 Å². The van der Waals surface area contributed by atoms with Crippen molar-refractivity contribution in [1.29, 1.82) is 0 Å². The Morgan fingerprint density at radius 3 is 2.47 bits per heavy atom. The zero-order chi connectivity index (χ0) is 12.8. The summed E-state index contributed by atoms with van der Waals surface area (Å²) in [5.74, 6) is -1.56. The van der Waals surface area contributed by atoms with Gasteiger partial charge in [-0.25, -0.2) is 4.79 Å². The molecule has 0 aliphatic heterocycles. The quantitative estimate of drug-likeness (QED) is 0.747. The molecule has 0 saturated heterocycles. The van der Waals surface area contributed by atoms with E-state index in [0.717, 1.165) is 0 Å². The van der Waals surface area contributed by atoms with Crippen molar-refractivity contribution in [3.8, 4) is 0 Å². The van der Waals surface area contributed by atoms with Gasteiger partial charge in [-0.1, -0.05) is 6.07 Å².